The fraction of sp³-hybridized carbons (Fsp3) is 0.600. The van der Waals surface area contributed by atoms with E-state index in [1.165, 1.54) is 37.1 Å². The number of nitrogens with zero attached hydrogens (tertiary/aromatic N) is 1. The molecule has 0 radical (unpaired) electrons. The Morgan fingerprint density at radius 2 is 2.17 bits per heavy atom. The minimum atomic E-state index is 0.342. The van der Waals surface area contributed by atoms with Gasteiger partial charge in [0.15, 0.2) is 0 Å². The van der Waals surface area contributed by atoms with Gasteiger partial charge in [0.05, 0.1) is 0 Å². The fourth-order valence-corrected chi connectivity index (χ4v) is 5.78. The summed E-state index contributed by atoms with van der Waals surface area (Å²) in [6, 6.07) is 6.77. The molecule has 2 unspecified atom stereocenters. The second kappa shape index (κ2) is 4.76. The van der Waals surface area contributed by atoms with Crippen LogP contribution < -0.4 is 0 Å². The summed E-state index contributed by atoms with van der Waals surface area (Å²) in [5.74, 6) is 3.75. The lowest BCUT2D eigenvalue weighted by molar-refractivity contribution is -0.0384. The Morgan fingerprint density at radius 1 is 1.30 bits per heavy atom. The van der Waals surface area contributed by atoms with Gasteiger partial charge in [0.25, 0.3) is 0 Å². The van der Waals surface area contributed by atoms with Gasteiger partial charge in [-0.1, -0.05) is 13.3 Å². The fourth-order valence-electron chi connectivity index (χ4n) is 5.78. The molecule has 1 saturated carbocycles. The first kappa shape index (κ1) is 13.9. The van der Waals surface area contributed by atoms with Crippen molar-refractivity contribution in [2.75, 3.05) is 6.54 Å². The molecule has 1 aromatic carbocycles. The summed E-state index contributed by atoms with van der Waals surface area (Å²) in [7, 11) is 0. The van der Waals surface area contributed by atoms with Crippen molar-refractivity contribution in [1.29, 1.82) is 0 Å². The molecule has 6 rings (SSSR count). The topological polar surface area (TPSA) is 36.6 Å². The first-order chi connectivity index (χ1) is 11.2. The van der Waals surface area contributed by atoms with Crippen molar-refractivity contribution < 1.29 is 9.52 Å². The third kappa shape index (κ3) is 1.86. The van der Waals surface area contributed by atoms with Gasteiger partial charge in [0, 0.05) is 35.5 Å². The number of aromatic hydroxyl groups is 1. The maximum atomic E-state index is 9.91. The normalized spacial score (nSPS) is 38.5. The molecule has 6 atom stereocenters. The number of phenols is 1. The Morgan fingerprint density at radius 3 is 3.00 bits per heavy atom. The highest BCUT2D eigenvalue weighted by Gasteiger charge is 2.51. The zero-order valence-corrected chi connectivity index (χ0v) is 14.0. The van der Waals surface area contributed by atoms with Gasteiger partial charge < -0.3 is 9.52 Å². The highest BCUT2D eigenvalue weighted by Crippen LogP contribution is 2.53. The van der Waals surface area contributed by atoms with Gasteiger partial charge in [-0.25, -0.2) is 0 Å². The van der Waals surface area contributed by atoms with E-state index in [0.717, 1.165) is 29.2 Å². The number of hydrogen-bond donors (Lipinski definition) is 1. The molecule has 1 N–H and O–H groups in total. The van der Waals surface area contributed by atoms with Crippen molar-refractivity contribution in [2.45, 2.75) is 57.5 Å². The molecular weight excluding hydrogens is 286 g/mol. The van der Waals surface area contributed by atoms with E-state index in [9.17, 15) is 5.11 Å². The van der Waals surface area contributed by atoms with E-state index < -0.39 is 0 Å². The van der Waals surface area contributed by atoms with E-state index in [1.54, 1.807) is 6.07 Å². The van der Waals surface area contributed by atoms with Crippen molar-refractivity contribution in [1.82, 2.24) is 4.90 Å². The average molecular weight is 311 g/mol. The quantitative estimate of drug-likeness (QED) is 0.853. The van der Waals surface area contributed by atoms with Gasteiger partial charge in [0.1, 0.15) is 17.1 Å². The van der Waals surface area contributed by atoms with Gasteiger partial charge >= 0.3 is 0 Å². The minimum absolute atomic E-state index is 0.342. The lowest BCUT2D eigenvalue weighted by atomic mass is 9.65. The van der Waals surface area contributed by atoms with Crippen LogP contribution in [0.25, 0.3) is 11.0 Å². The van der Waals surface area contributed by atoms with Gasteiger partial charge in [-0.3, -0.25) is 4.90 Å². The molecule has 23 heavy (non-hydrogen) atoms. The average Bonchev–Trinajstić information content (AvgIpc) is 2.88. The van der Waals surface area contributed by atoms with Crippen LogP contribution in [0, 0.1) is 11.8 Å². The zero-order valence-electron chi connectivity index (χ0n) is 14.0. The van der Waals surface area contributed by atoms with Gasteiger partial charge in [-0.2, -0.15) is 0 Å². The second-order valence-corrected chi connectivity index (χ2v) is 7.98. The third-order valence-electron chi connectivity index (χ3n) is 6.70. The number of furan rings is 1. The van der Waals surface area contributed by atoms with Gasteiger partial charge in [-0.15, -0.1) is 0 Å². The highest BCUT2D eigenvalue weighted by atomic mass is 16.3. The summed E-state index contributed by atoms with van der Waals surface area (Å²) in [6.07, 6.45) is 5.00. The van der Waals surface area contributed by atoms with Crippen LogP contribution in [-0.4, -0.2) is 28.6 Å². The van der Waals surface area contributed by atoms with E-state index in [0.29, 0.717) is 23.8 Å². The van der Waals surface area contributed by atoms with Crippen molar-refractivity contribution in [3.8, 4) is 5.75 Å². The predicted molar refractivity (Wildman–Crippen MR) is 90.8 cm³/mol. The minimum Gasteiger partial charge on any atom is -0.508 e. The highest BCUT2D eigenvalue weighted by molar-refractivity contribution is 5.84. The van der Waals surface area contributed by atoms with Crippen molar-refractivity contribution in [3.63, 3.8) is 0 Å². The zero-order chi connectivity index (χ0) is 15.7. The van der Waals surface area contributed by atoms with Crippen molar-refractivity contribution in [2.24, 2.45) is 11.8 Å². The third-order valence-corrected chi connectivity index (χ3v) is 6.70. The largest absolute Gasteiger partial charge is 0.508 e. The monoisotopic (exact) mass is 311 g/mol. The van der Waals surface area contributed by atoms with Crippen LogP contribution in [0.5, 0.6) is 5.75 Å². The standard InChI is InChI=1S/C20H25NO2/c1-3-13-7-12-8-17-19(13)21(10-12)11(2)6-16-15-9-14(22)4-5-18(15)23-20(16)17/h4-5,9,11-13,17,19,22H,3,6-8,10H2,1-2H3/t11-,12-,13-,17+,19?/m0/s1. The Labute approximate surface area is 137 Å². The van der Waals surface area contributed by atoms with Crippen LogP contribution in [0.2, 0.25) is 0 Å². The molecule has 0 spiro atoms. The number of fused-ring (bicyclic) bond motifs is 4. The molecular formula is C20H25NO2. The van der Waals surface area contributed by atoms with Crippen LogP contribution in [0.3, 0.4) is 0 Å². The lowest BCUT2D eigenvalue weighted by Gasteiger charge is -2.54. The summed E-state index contributed by atoms with van der Waals surface area (Å²) in [4.78, 5) is 2.78. The summed E-state index contributed by atoms with van der Waals surface area (Å²) in [5.41, 5.74) is 2.31. The molecule has 3 aliphatic heterocycles. The summed E-state index contributed by atoms with van der Waals surface area (Å²) >= 11 is 0. The molecule has 3 fully saturated rings. The predicted octanol–water partition coefficient (Wildman–Crippen LogP) is 4.29. The van der Waals surface area contributed by atoms with Crippen molar-refractivity contribution in [3.05, 3.63) is 29.5 Å². The lowest BCUT2D eigenvalue weighted by Crippen LogP contribution is -2.58. The van der Waals surface area contributed by atoms with Crippen molar-refractivity contribution >= 4 is 11.0 Å². The summed E-state index contributed by atoms with van der Waals surface area (Å²) < 4.78 is 6.37. The molecule has 4 heterocycles. The molecule has 3 nitrogen and oxygen atoms in total. The molecule has 1 aliphatic carbocycles. The van der Waals surface area contributed by atoms with Crippen LogP contribution in [0.4, 0.5) is 0 Å². The van der Waals surface area contributed by atoms with E-state index in [1.807, 2.05) is 12.1 Å². The SMILES string of the molecule is CC[C@H]1C[C@H]2C[C@H]3c4oc5ccc(O)cc5c4C[C@H](C)N(C2)C13. The van der Waals surface area contributed by atoms with E-state index in [-0.39, 0.29) is 0 Å². The van der Waals surface area contributed by atoms with Crippen LogP contribution >= 0.6 is 0 Å². The Kier molecular flexibility index (Phi) is 2.88. The Hall–Kier alpha value is -1.48. The smallest absolute Gasteiger partial charge is 0.134 e. The van der Waals surface area contributed by atoms with Crippen LogP contribution in [0.1, 0.15) is 50.4 Å². The maximum Gasteiger partial charge on any atom is 0.134 e. The molecule has 2 saturated heterocycles. The number of rotatable bonds is 1. The molecule has 4 aliphatic rings. The maximum absolute atomic E-state index is 9.91. The number of phenolic OH excluding ortho intramolecular Hbond substituents is 1. The molecule has 122 valence electrons. The molecule has 4 bridgehead atoms. The van der Waals surface area contributed by atoms with Gasteiger partial charge in [0.2, 0.25) is 0 Å². The van der Waals surface area contributed by atoms with Crippen LogP contribution in [-0.2, 0) is 6.42 Å². The number of piperidine rings is 2. The van der Waals surface area contributed by atoms with Crippen LogP contribution in [0.15, 0.2) is 22.6 Å². The van der Waals surface area contributed by atoms with E-state index in [4.69, 9.17) is 4.42 Å². The number of hydrogen-bond acceptors (Lipinski definition) is 3. The number of benzene rings is 1. The summed E-state index contributed by atoms with van der Waals surface area (Å²) in [5, 5.41) is 11.0. The molecule has 1 aromatic heterocycles. The Bertz CT molecular complexity index is 764. The second-order valence-electron chi connectivity index (χ2n) is 7.98. The van der Waals surface area contributed by atoms with E-state index >= 15 is 0 Å². The first-order valence-electron chi connectivity index (χ1n) is 9.15. The molecule has 2 aromatic rings. The van der Waals surface area contributed by atoms with E-state index in [2.05, 4.69) is 18.7 Å². The Balaban J connectivity index is 1.72. The first-order valence-corrected chi connectivity index (χ1v) is 9.15. The summed E-state index contributed by atoms with van der Waals surface area (Å²) in [6.45, 7) is 5.99. The van der Waals surface area contributed by atoms with Gasteiger partial charge in [-0.05, 0) is 56.2 Å². The molecule has 3 heteroatoms. The molecule has 0 amide bonds.